The van der Waals surface area contributed by atoms with Gasteiger partial charge in [-0.3, -0.25) is 9.48 Å². The number of aromatic nitrogens is 4. The molecule has 1 N–H and O–H groups in total. The molecule has 8 nitrogen and oxygen atoms in total. The number of rotatable bonds is 4. The van der Waals surface area contributed by atoms with Crippen LogP contribution in [0, 0.1) is 6.92 Å². The summed E-state index contributed by atoms with van der Waals surface area (Å²) >= 11 is 0. The van der Waals surface area contributed by atoms with Crippen molar-refractivity contribution in [3.05, 3.63) is 63.7 Å². The number of hydrogen-bond acceptors (Lipinski definition) is 6. The van der Waals surface area contributed by atoms with Crippen LogP contribution in [-0.4, -0.2) is 50.2 Å². The Morgan fingerprint density at radius 2 is 1.95 bits per heavy atom. The van der Waals surface area contributed by atoms with E-state index in [2.05, 4.69) is 5.10 Å². The van der Waals surface area contributed by atoms with Crippen molar-refractivity contribution in [3.8, 4) is 11.1 Å². The van der Waals surface area contributed by atoms with Crippen LogP contribution in [0.3, 0.4) is 0 Å². The Morgan fingerprint density at radius 1 is 1.13 bits per heavy atom. The number of aryl methyl sites for hydroxylation is 4. The summed E-state index contributed by atoms with van der Waals surface area (Å²) in [4.78, 5) is 21.9. The van der Waals surface area contributed by atoms with Crippen LogP contribution in [0.25, 0.3) is 22.0 Å². The van der Waals surface area contributed by atoms with Gasteiger partial charge in [0.05, 0.1) is 17.8 Å². The van der Waals surface area contributed by atoms with Crippen molar-refractivity contribution in [1.29, 1.82) is 0 Å². The normalized spacial score (nSPS) is 17.6. The number of halogens is 2. The van der Waals surface area contributed by atoms with Gasteiger partial charge in [-0.1, -0.05) is 0 Å². The first-order valence-electron chi connectivity index (χ1n) is 12.9. The Kier molecular flexibility index (Phi) is 5.94. The summed E-state index contributed by atoms with van der Waals surface area (Å²) < 4.78 is 32.0. The van der Waals surface area contributed by atoms with Crippen LogP contribution in [0.2, 0.25) is 0 Å². The summed E-state index contributed by atoms with van der Waals surface area (Å²) in [5, 5.41) is 15.1. The number of nitrogens with zero attached hydrogens (tertiary/aromatic N) is 6. The number of anilines is 3. The topological polar surface area (TPSA) is 79.4 Å². The van der Waals surface area contributed by atoms with Crippen LogP contribution in [-0.2, 0) is 20.5 Å². The average molecular weight is 521 g/mol. The summed E-state index contributed by atoms with van der Waals surface area (Å²) in [5.74, 6) is 1.30. The smallest absolute Gasteiger partial charge is 0.264 e. The van der Waals surface area contributed by atoms with Gasteiger partial charge in [0, 0.05) is 73.8 Å². The second kappa shape index (κ2) is 9.20. The van der Waals surface area contributed by atoms with E-state index in [-0.39, 0.29) is 11.1 Å². The molecule has 2 aliphatic heterocycles. The lowest BCUT2D eigenvalue weighted by Gasteiger charge is -2.33. The molecule has 1 aromatic carbocycles. The lowest BCUT2D eigenvalue weighted by molar-refractivity contribution is 0.152. The van der Waals surface area contributed by atoms with Crippen molar-refractivity contribution >= 4 is 28.2 Å². The lowest BCUT2D eigenvalue weighted by atomic mass is 9.93. The maximum Gasteiger partial charge on any atom is 0.264 e. The van der Waals surface area contributed by atoms with Crippen molar-refractivity contribution in [3.63, 3.8) is 0 Å². The predicted molar refractivity (Wildman–Crippen MR) is 143 cm³/mol. The largest absolute Gasteiger partial charge is 0.391 e. The molecule has 0 aliphatic carbocycles. The van der Waals surface area contributed by atoms with Gasteiger partial charge in [-0.25, -0.2) is 13.8 Å². The van der Waals surface area contributed by atoms with Crippen molar-refractivity contribution in [1.82, 2.24) is 19.3 Å². The quantitative estimate of drug-likeness (QED) is 0.434. The lowest BCUT2D eigenvalue weighted by Crippen LogP contribution is -2.29. The standard InChI is InChI=1S/C28H30F2N6O2/c1-16-9-22-24(34(3)28(16)38)12-25(35-8-6-19(37)15-35)32-27(22)36-7-4-5-17-10-20(18-13-31-33(2)14-18)21(26(29)30)11-23(17)36/h9-14,19,26,37H,4-8,15H2,1-3H3. The number of β-amino-alcohol motifs (C(OH)–C–C–N with tert-alkyl or cyclic N) is 1. The Labute approximate surface area is 218 Å². The number of aliphatic hydroxyl groups is 1. The van der Waals surface area contributed by atoms with Crippen molar-refractivity contribution < 1.29 is 13.9 Å². The number of aliphatic hydroxyl groups excluding tert-OH is 1. The third kappa shape index (κ3) is 4.03. The minimum atomic E-state index is -2.66. The second-order valence-electron chi connectivity index (χ2n) is 10.3. The highest BCUT2D eigenvalue weighted by molar-refractivity contribution is 5.95. The molecule has 3 aromatic heterocycles. The van der Waals surface area contributed by atoms with E-state index in [0.29, 0.717) is 60.1 Å². The summed E-state index contributed by atoms with van der Waals surface area (Å²) in [7, 11) is 3.51. The molecule has 0 radical (unpaired) electrons. The molecule has 0 bridgehead atoms. The monoisotopic (exact) mass is 520 g/mol. The molecule has 38 heavy (non-hydrogen) atoms. The van der Waals surface area contributed by atoms with Gasteiger partial charge in [-0.15, -0.1) is 0 Å². The number of benzene rings is 1. The van der Waals surface area contributed by atoms with Gasteiger partial charge in [0.15, 0.2) is 0 Å². The highest BCUT2D eigenvalue weighted by atomic mass is 19.3. The third-order valence-corrected chi connectivity index (χ3v) is 7.73. The number of fused-ring (bicyclic) bond motifs is 2. The number of pyridine rings is 2. The zero-order chi connectivity index (χ0) is 26.7. The third-order valence-electron chi connectivity index (χ3n) is 7.73. The van der Waals surface area contributed by atoms with E-state index < -0.39 is 12.5 Å². The Bertz CT molecular complexity index is 1610. The molecule has 6 rings (SSSR count). The van der Waals surface area contributed by atoms with E-state index >= 15 is 0 Å². The summed E-state index contributed by atoms with van der Waals surface area (Å²) in [6.45, 7) is 3.49. The molecule has 0 amide bonds. The molecule has 2 aliphatic rings. The predicted octanol–water partition coefficient (Wildman–Crippen LogP) is 4.24. The Balaban J connectivity index is 1.57. The highest BCUT2D eigenvalue weighted by Gasteiger charge is 2.29. The summed E-state index contributed by atoms with van der Waals surface area (Å²) in [6.07, 6.45) is 2.49. The number of alkyl halides is 2. The molecule has 1 atom stereocenters. The average Bonchev–Trinajstić information content (AvgIpc) is 3.54. The van der Waals surface area contributed by atoms with E-state index in [0.717, 1.165) is 29.3 Å². The molecule has 1 saturated heterocycles. The van der Waals surface area contributed by atoms with Gasteiger partial charge in [0.1, 0.15) is 11.6 Å². The van der Waals surface area contributed by atoms with Gasteiger partial charge in [0.25, 0.3) is 12.0 Å². The van der Waals surface area contributed by atoms with Crippen LogP contribution in [0.1, 0.15) is 36.0 Å². The fourth-order valence-electron chi connectivity index (χ4n) is 5.76. The maximum absolute atomic E-state index is 14.4. The first-order chi connectivity index (χ1) is 18.2. The molecule has 4 aromatic rings. The van der Waals surface area contributed by atoms with Crippen LogP contribution < -0.4 is 15.4 Å². The van der Waals surface area contributed by atoms with Crippen LogP contribution in [0.15, 0.2) is 41.5 Å². The van der Waals surface area contributed by atoms with Crippen molar-refractivity contribution in [2.24, 2.45) is 14.1 Å². The number of hydrogen-bond donors (Lipinski definition) is 1. The van der Waals surface area contributed by atoms with E-state index in [9.17, 15) is 18.7 Å². The first-order valence-corrected chi connectivity index (χ1v) is 12.9. The maximum atomic E-state index is 14.4. The minimum absolute atomic E-state index is 0.0460. The zero-order valence-electron chi connectivity index (χ0n) is 21.7. The fraction of sp³-hybridized carbons (Fsp3) is 0.393. The van der Waals surface area contributed by atoms with E-state index in [1.165, 1.54) is 0 Å². The van der Waals surface area contributed by atoms with Crippen LogP contribution >= 0.6 is 0 Å². The first kappa shape index (κ1) is 24.5. The second-order valence-corrected chi connectivity index (χ2v) is 10.3. The molecule has 0 saturated carbocycles. The molecule has 1 unspecified atom stereocenters. The van der Waals surface area contributed by atoms with Crippen LogP contribution in [0.5, 0.6) is 0 Å². The molecule has 0 spiro atoms. The molecular formula is C28H30F2N6O2. The molecular weight excluding hydrogens is 490 g/mol. The minimum Gasteiger partial charge on any atom is -0.391 e. The van der Waals surface area contributed by atoms with Crippen molar-refractivity contribution in [2.45, 2.75) is 38.7 Å². The highest BCUT2D eigenvalue weighted by Crippen LogP contribution is 2.43. The van der Waals surface area contributed by atoms with Gasteiger partial charge in [0.2, 0.25) is 0 Å². The SMILES string of the molecule is Cc1cc2c(N3CCCc4cc(-c5cnn(C)c5)c(C(F)F)cc43)nc(N3CCC(O)C3)cc2n(C)c1=O. The molecule has 10 heteroatoms. The van der Waals surface area contributed by atoms with Gasteiger partial charge >= 0.3 is 0 Å². The Morgan fingerprint density at radius 3 is 2.63 bits per heavy atom. The van der Waals surface area contributed by atoms with Gasteiger partial charge in [-0.05, 0) is 55.5 Å². The van der Waals surface area contributed by atoms with E-state index in [1.807, 2.05) is 28.0 Å². The van der Waals surface area contributed by atoms with Crippen molar-refractivity contribution in [2.75, 3.05) is 29.4 Å². The fourth-order valence-corrected chi connectivity index (χ4v) is 5.76. The molecule has 5 heterocycles. The molecule has 1 fully saturated rings. The van der Waals surface area contributed by atoms with Crippen LogP contribution in [0.4, 0.5) is 26.1 Å². The van der Waals surface area contributed by atoms with Gasteiger partial charge in [-0.2, -0.15) is 5.10 Å². The van der Waals surface area contributed by atoms with E-state index in [4.69, 9.17) is 4.98 Å². The van der Waals surface area contributed by atoms with E-state index in [1.54, 1.807) is 48.7 Å². The molecule has 198 valence electrons. The summed E-state index contributed by atoms with van der Waals surface area (Å²) in [5.41, 5.74) is 3.99. The summed E-state index contributed by atoms with van der Waals surface area (Å²) in [6, 6.07) is 7.19. The Hall–Kier alpha value is -3.79. The zero-order valence-corrected chi connectivity index (χ0v) is 21.7. The van der Waals surface area contributed by atoms with Gasteiger partial charge < -0.3 is 19.5 Å².